The number of nitrogens with one attached hydrogen (secondary N) is 1. The molecule has 1 aliphatic carbocycles. The van der Waals surface area contributed by atoms with Crippen molar-refractivity contribution in [3.8, 4) is 0 Å². The number of rotatable bonds is 4. The van der Waals surface area contributed by atoms with E-state index in [2.05, 4.69) is 34.2 Å². The Hall–Kier alpha value is -2.17. The Bertz CT molecular complexity index is 709. The molecule has 5 heteroatoms. The largest absolute Gasteiger partial charge is 0.342 e. The van der Waals surface area contributed by atoms with Crippen molar-refractivity contribution in [1.29, 1.82) is 0 Å². The molecule has 2 fully saturated rings. The number of piperidine rings is 1. The molecular formula is C19H24N4O. The van der Waals surface area contributed by atoms with Crippen LogP contribution >= 0.6 is 0 Å². The highest BCUT2D eigenvalue weighted by molar-refractivity contribution is 5.78. The molecular weight excluding hydrogens is 300 g/mol. The molecule has 2 aromatic rings. The summed E-state index contributed by atoms with van der Waals surface area (Å²) in [7, 11) is 0. The van der Waals surface area contributed by atoms with E-state index < -0.39 is 0 Å². The average Bonchev–Trinajstić information content (AvgIpc) is 3.34. The lowest BCUT2D eigenvalue weighted by Gasteiger charge is -2.31. The molecule has 2 aliphatic rings. The number of carbonyl (C=O) groups is 1. The van der Waals surface area contributed by atoms with Gasteiger partial charge in [-0.2, -0.15) is 5.10 Å². The van der Waals surface area contributed by atoms with Crippen LogP contribution in [0.1, 0.15) is 60.3 Å². The normalized spacial score (nSPS) is 18.8. The van der Waals surface area contributed by atoms with Crippen LogP contribution in [0, 0.1) is 6.92 Å². The second kappa shape index (κ2) is 6.38. The molecule has 0 bridgehead atoms. The number of amides is 1. The smallest absolute Gasteiger partial charge is 0.226 e. The van der Waals surface area contributed by atoms with Crippen LogP contribution in [0.5, 0.6) is 0 Å². The maximum absolute atomic E-state index is 12.5. The molecule has 1 N–H and O–H groups in total. The summed E-state index contributed by atoms with van der Waals surface area (Å²) in [6.07, 6.45) is 4.89. The quantitative estimate of drug-likeness (QED) is 0.940. The first-order chi connectivity index (χ1) is 11.7. The van der Waals surface area contributed by atoms with E-state index in [0.29, 0.717) is 18.3 Å². The van der Waals surface area contributed by atoms with Crippen LogP contribution in [0.2, 0.25) is 0 Å². The maximum atomic E-state index is 12.5. The van der Waals surface area contributed by atoms with Crippen molar-refractivity contribution < 1.29 is 4.79 Å². The molecule has 0 radical (unpaired) electrons. The second-order valence-electron chi connectivity index (χ2n) is 7.17. The van der Waals surface area contributed by atoms with E-state index >= 15 is 0 Å². The van der Waals surface area contributed by atoms with Crippen molar-refractivity contribution in [2.24, 2.45) is 0 Å². The highest BCUT2D eigenvalue weighted by Gasteiger charge is 2.30. The van der Waals surface area contributed by atoms with Gasteiger partial charge in [0.15, 0.2) is 5.82 Å². The van der Waals surface area contributed by atoms with E-state index in [4.69, 9.17) is 0 Å². The van der Waals surface area contributed by atoms with Gasteiger partial charge in [-0.05, 0) is 38.2 Å². The third kappa shape index (κ3) is 3.35. The van der Waals surface area contributed by atoms with Crippen molar-refractivity contribution in [1.82, 2.24) is 20.1 Å². The summed E-state index contributed by atoms with van der Waals surface area (Å²) < 4.78 is 0. The molecule has 2 heterocycles. The van der Waals surface area contributed by atoms with Gasteiger partial charge in [-0.25, -0.2) is 4.98 Å². The molecule has 0 atom stereocenters. The first kappa shape index (κ1) is 15.4. The Morgan fingerprint density at radius 1 is 1.12 bits per heavy atom. The minimum atomic E-state index is 0.230. The number of aromatic amines is 1. The fraction of sp³-hybridized carbons (Fsp3) is 0.526. The van der Waals surface area contributed by atoms with Gasteiger partial charge in [0.1, 0.15) is 5.82 Å². The molecule has 1 aliphatic heterocycles. The lowest BCUT2D eigenvalue weighted by atomic mass is 9.95. The van der Waals surface area contributed by atoms with E-state index in [1.54, 1.807) is 0 Å². The Labute approximate surface area is 142 Å². The Morgan fingerprint density at radius 2 is 1.83 bits per heavy atom. The van der Waals surface area contributed by atoms with Crippen LogP contribution in [0.3, 0.4) is 0 Å². The molecule has 24 heavy (non-hydrogen) atoms. The van der Waals surface area contributed by atoms with Crippen molar-refractivity contribution in [2.45, 2.75) is 50.9 Å². The average molecular weight is 324 g/mol. The highest BCUT2D eigenvalue weighted by Crippen LogP contribution is 2.38. The van der Waals surface area contributed by atoms with Crippen LogP contribution in [-0.4, -0.2) is 39.1 Å². The fourth-order valence-electron chi connectivity index (χ4n) is 3.39. The number of aromatic nitrogens is 3. The number of hydrogen-bond donors (Lipinski definition) is 1. The number of nitrogens with zero attached hydrogens (tertiary/aromatic N) is 3. The number of H-pyrrole nitrogens is 1. The minimum absolute atomic E-state index is 0.230. The summed E-state index contributed by atoms with van der Waals surface area (Å²) in [6, 6.07) is 8.23. The molecule has 0 unspecified atom stereocenters. The van der Waals surface area contributed by atoms with Crippen LogP contribution < -0.4 is 0 Å². The standard InChI is InChI=1S/C19H24N4O/c1-13-2-4-14(5-3-13)12-17(24)23-10-8-16(9-11-23)19-20-18(21-22-19)15-6-7-15/h2-5,15-16H,6-12H2,1H3,(H,20,21,22). The van der Waals surface area contributed by atoms with Crippen molar-refractivity contribution >= 4 is 5.91 Å². The summed E-state index contributed by atoms with van der Waals surface area (Å²) in [5, 5.41) is 7.48. The van der Waals surface area contributed by atoms with Gasteiger partial charge in [0, 0.05) is 24.9 Å². The third-order valence-electron chi connectivity index (χ3n) is 5.17. The maximum Gasteiger partial charge on any atom is 0.226 e. The van der Waals surface area contributed by atoms with Gasteiger partial charge >= 0.3 is 0 Å². The second-order valence-corrected chi connectivity index (χ2v) is 7.17. The molecule has 5 nitrogen and oxygen atoms in total. The first-order valence-electron chi connectivity index (χ1n) is 8.94. The molecule has 1 saturated carbocycles. The lowest BCUT2D eigenvalue weighted by molar-refractivity contribution is -0.131. The van der Waals surface area contributed by atoms with Crippen LogP contribution in [0.25, 0.3) is 0 Å². The third-order valence-corrected chi connectivity index (χ3v) is 5.17. The Kier molecular flexibility index (Phi) is 4.08. The topological polar surface area (TPSA) is 61.9 Å². The summed E-state index contributed by atoms with van der Waals surface area (Å²) in [6.45, 7) is 3.69. The summed E-state index contributed by atoms with van der Waals surface area (Å²) >= 11 is 0. The molecule has 0 spiro atoms. The molecule has 1 saturated heterocycles. The van der Waals surface area contributed by atoms with E-state index in [-0.39, 0.29) is 5.91 Å². The van der Waals surface area contributed by atoms with Gasteiger partial charge in [-0.1, -0.05) is 29.8 Å². The zero-order chi connectivity index (χ0) is 16.5. The van der Waals surface area contributed by atoms with E-state index in [9.17, 15) is 4.79 Å². The van der Waals surface area contributed by atoms with Gasteiger partial charge in [0.25, 0.3) is 0 Å². The number of carbonyl (C=O) groups excluding carboxylic acids is 1. The van der Waals surface area contributed by atoms with Crippen molar-refractivity contribution in [3.63, 3.8) is 0 Å². The molecule has 1 amide bonds. The zero-order valence-electron chi connectivity index (χ0n) is 14.2. The minimum Gasteiger partial charge on any atom is -0.342 e. The van der Waals surface area contributed by atoms with Crippen LogP contribution in [0.15, 0.2) is 24.3 Å². The van der Waals surface area contributed by atoms with Crippen LogP contribution in [-0.2, 0) is 11.2 Å². The summed E-state index contributed by atoms with van der Waals surface area (Å²) in [5.74, 6) is 3.23. The number of benzene rings is 1. The van der Waals surface area contributed by atoms with Gasteiger partial charge < -0.3 is 4.90 Å². The SMILES string of the molecule is Cc1ccc(CC(=O)N2CCC(c3nc(C4CC4)n[nH]3)CC2)cc1. The van der Waals surface area contributed by atoms with Crippen molar-refractivity contribution in [2.75, 3.05) is 13.1 Å². The summed E-state index contributed by atoms with van der Waals surface area (Å²) in [5.41, 5.74) is 2.32. The highest BCUT2D eigenvalue weighted by atomic mass is 16.2. The lowest BCUT2D eigenvalue weighted by Crippen LogP contribution is -2.39. The predicted octanol–water partition coefficient (Wildman–Crippen LogP) is 2.94. The van der Waals surface area contributed by atoms with Gasteiger partial charge in [0.05, 0.1) is 6.42 Å². The monoisotopic (exact) mass is 324 g/mol. The van der Waals surface area contributed by atoms with Crippen molar-refractivity contribution in [3.05, 3.63) is 47.0 Å². The molecule has 1 aromatic carbocycles. The van der Waals surface area contributed by atoms with Gasteiger partial charge in [0.2, 0.25) is 5.91 Å². The molecule has 126 valence electrons. The number of hydrogen-bond acceptors (Lipinski definition) is 3. The predicted molar refractivity (Wildman–Crippen MR) is 91.8 cm³/mol. The van der Waals surface area contributed by atoms with E-state index in [1.165, 1.54) is 18.4 Å². The Morgan fingerprint density at radius 3 is 2.50 bits per heavy atom. The van der Waals surface area contributed by atoms with E-state index in [1.807, 2.05) is 17.0 Å². The van der Waals surface area contributed by atoms with Crippen LogP contribution in [0.4, 0.5) is 0 Å². The number of aryl methyl sites for hydroxylation is 1. The fourth-order valence-corrected chi connectivity index (χ4v) is 3.39. The number of likely N-dealkylation sites (tertiary alicyclic amines) is 1. The summed E-state index contributed by atoms with van der Waals surface area (Å²) in [4.78, 5) is 19.2. The van der Waals surface area contributed by atoms with E-state index in [0.717, 1.165) is 43.1 Å². The van der Waals surface area contributed by atoms with Gasteiger partial charge in [-0.3, -0.25) is 9.89 Å². The zero-order valence-corrected chi connectivity index (χ0v) is 14.2. The first-order valence-corrected chi connectivity index (χ1v) is 8.94. The molecule has 1 aromatic heterocycles. The molecule has 4 rings (SSSR count). The van der Waals surface area contributed by atoms with Gasteiger partial charge in [-0.15, -0.1) is 0 Å². The Balaban J connectivity index is 1.31.